The van der Waals surface area contributed by atoms with Gasteiger partial charge in [-0.1, -0.05) is 43.4 Å². The Hall–Kier alpha value is -4.51. The molecule has 0 aliphatic carbocycles. The zero-order valence-electron chi connectivity index (χ0n) is 23.4. The van der Waals surface area contributed by atoms with Crippen molar-refractivity contribution in [3.05, 3.63) is 92.6 Å². The normalized spacial score (nSPS) is 14.2. The van der Waals surface area contributed by atoms with Crippen LogP contribution in [-0.4, -0.2) is 36.7 Å². The quantitative estimate of drug-likeness (QED) is 0.112. The Morgan fingerprint density at radius 2 is 1.98 bits per heavy atom. The Morgan fingerprint density at radius 1 is 1.17 bits per heavy atom. The van der Waals surface area contributed by atoms with Crippen molar-refractivity contribution < 1.29 is 32.6 Å². The molecular formula is C31H29FN2O7S. The summed E-state index contributed by atoms with van der Waals surface area (Å²) in [5, 5.41) is 0.164. The number of halogens is 1. The van der Waals surface area contributed by atoms with Crippen molar-refractivity contribution in [2.75, 3.05) is 24.7 Å². The number of unbranched alkanes of at least 4 members (excludes halogenated alkanes) is 1. The summed E-state index contributed by atoms with van der Waals surface area (Å²) >= 11 is 0.957. The van der Waals surface area contributed by atoms with Crippen molar-refractivity contribution in [2.45, 2.75) is 39.7 Å². The maximum Gasteiger partial charge on any atom is 0.350 e. The van der Waals surface area contributed by atoms with Crippen LogP contribution in [-0.2, 0) is 4.74 Å². The number of esters is 1. The topological polar surface area (TPSA) is 108 Å². The summed E-state index contributed by atoms with van der Waals surface area (Å²) in [6.45, 7) is 9.94. The molecule has 1 aliphatic rings. The van der Waals surface area contributed by atoms with Crippen LogP contribution in [0.1, 0.15) is 69.8 Å². The number of aromatic nitrogens is 1. The molecule has 42 heavy (non-hydrogen) atoms. The van der Waals surface area contributed by atoms with Gasteiger partial charge in [0.15, 0.2) is 22.1 Å². The highest BCUT2D eigenvalue weighted by molar-refractivity contribution is 7.17. The Morgan fingerprint density at radius 3 is 2.71 bits per heavy atom. The van der Waals surface area contributed by atoms with E-state index in [0.29, 0.717) is 36.0 Å². The summed E-state index contributed by atoms with van der Waals surface area (Å²) in [6.07, 6.45) is 3.26. The molecule has 0 fully saturated rings. The number of amides is 1. The van der Waals surface area contributed by atoms with Gasteiger partial charge in [-0.15, -0.1) is 0 Å². The summed E-state index contributed by atoms with van der Waals surface area (Å²) in [4.78, 5) is 46.5. The molecule has 5 rings (SSSR count). The van der Waals surface area contributed by atoms with Crippen LogP contribution in [0.4, 0.5) is 9.52 Å². The largest absolute Gasteiger partial charge is 0.490 e. The predicted octanol–water partition coefficient (Wildman–Crippen LogP) is 6.37. The smallest absolute Gasteiger partial charge is 0.350 e. The molecule has 0 saturated heterocycles. The highest BCUT2D eigenvalue weighted by Gasteiger charge is 2.45. The lowest BCUT2D eigenvalue weighted by molar-refractivity contribution is 0.0554. The zero-order chi connectivity index (χ0) is 30.0. The van der Waals surface area contributed by atoms with E-state index in [2.05, 4.69) is 18.5 Å². The molecule has 0 saturated carbocycles. The van der Waals surface area contributed by atoms with Gasteiger partial charge in [0.2, 0.25) is 5.76 Å². The number of fused-ring (bicyclic) bond motifs is 2. The molecule has 1 atom stereocenters. The summed E-state index contributed by atoms with van der Waals surface area (Å²) < 4.78 is 37.1. The van der Waals surface area contributed by atoms with Gasteiger partial charge in [0.1, 0.15) is 22.9 Å². The van der Waals surface area contributed by atoms with Gasteiger partial charge in [-0.05, 0) is 56.2 Å². The molecule has 1 aliphatic heterocycles. The van der Waals surface area contributed by atoms with Gasteiger partial charge < -0.3 is 18.6 Å². The maximum absolute atomic E-state index is 14.2. The number of anilines is 1. The number of nitrogens with zero attached hydrogens (tertiary/aromatic N) is 2. The second-order valence-electron chi connectivity index (χ2n) is 9.53. The number of ether oxygens (including phenoxy) is 3. The standard InChI is InChI=1S/C31H29FN2O7S/c1-5-8-14-39-22-11-9-18(15-23(22)38-7-3)25-24-26(35)20-16-19(32)10-12-21(20)41-27(24)29(36)34(25)31-33-17(4)28(42-31)30(37)40-13-6-2/h6,9-12,15-16,25H,2,5,7-8,13-14H2,1,3-4H3. The van der Waals surface area contributed by atoms with Gasteiger partial charge in [-0.25, -0.2) is 14.2 Å². The Kier molecular flexibility index (Phi) is 8.39. The van der Waals surface area contributed by atoms with E-state index in [9.17, 15) is 18.8 Å². The first-order chi connectivity index (χ1) is 20.3. The average molecular weight is 593 g/mol. The van der Waals surface area contributed by atoms with E-state index >= 15 is 0 Å². The van der Waals surface area contributed by atoms with Crippen molar-refractivity contribution in [3.8, 4) is 11.5 Å². The van der Waals surface area contributed by atoms with E-state index in [1.807, 2.05) is 6.92 Å². The van der Waals surface area contributed by atoms with Crippen LogP contribution in [0.15, 0.2) is 58.3 Å². The molecule has 2 aromatic carbocycles. The van der Waals surface area contributed by atoms with Crippen LogP contribution < -0.4 is 19.8 Å². The van der Waals surface area contributed by atoms with E-state index in [-0.39, 0.29) is 38.9 Å². The molecule has 1 amide bonds. The van der Waals surface area contributed by atoms with E-state index in [4.69, 9.17) is 18.6 Å². The second-order valence-corrected chi connectivity index (χ2v) is 10.5. The molecule has 218 valence electrons. The van der Waals surface area contributed by atoms with Crippen molar-refractivity contribution in [1.29, 1.82) is 0 Å². The fourth-order valence-corrected chi connectivity index (χ4v) is 5.73. The van der Waals surface area contributed by atoms with E-state index in [1.165, 1.54) is 17.0 Å². The minimum atomic E-state index is -1.01. The Bertz CT molecular complexity index is 1750. The first kappa shape index (κ1) is 29.0. The number of rotatable bonds is 11. The third kappa shape index (κ3) is 5.27. The second kappa shape index (κ2) is 12.2. The predicted molar refractivity (Wildman–Crippen MR) is 156 cm³/mol. The number of carbonyl (C=O) groups is 2. The number of benzene rings is 2. The van der Waals surface area contributed by atoms with Crippen molar-refractivity contribution in [1.82, 2.24) is 4.98 Å². The fraction of sp³-hybridized carbons (Fsp3) is 0.290. The summed E-state index contributed by atoms with van der Waals surface area (Å²) in [5.41, 5.74) is 0.427. The van der Waals surface area contributed by atoms with Crippen LogP contribution in [0.5, 0.6) is 11.5 Å². The molecule has 3 heterocycles. The lowest BCUT2D eigenvalue weighted by Crippen LogP contribution is -2.29. The number of hydrogen-bond donors (Lipinski definition) is 0. The number of carbonyl (C=O) groups excluding carboxylic acids is 2. The highest BCUT2D eigenvalue weighted by Crippen LogP contribution is 2.45. The molecule has 4 aromatic rings. The van der Waals surface area contributed by atoms with Crippen molar-refractivity contribution >= 4 is 39.3 Å². The molecule has 0 bridgehead atoms. The zero-order valence-corrected chi connectivity index (χ0v) is 24.2. The lowest BCUT2D eigenvalue weighted by Gasteiger charge is -2.23. The average Bonchev–Trinajstić information content (AvgIpc) is 3.50. The van der Waals surface area contributed by atoms with Crippen LogP contribution in [0.2, 0.25) is 0 Å². The van der Waals surface area contributed by atoms with Gasteiger partial charge in [-0.2, -0.15) is 0 Å². The number of aryl methyl sites for hydroxylation is 1. The van der Waals surface area contributed by atoms with Gasteiger partial charge in [0.05, 0.1) is 35.9 Å². The van der Waals surface area contributed by atoms with Gasteiger partial charge in [0.25, 0.3) is 5.91 Å². The monoisotopic (exact) mass is 592 g/mol. The molecular weight excluding hydrogens is 563 g/mol. The SMILES string of the molecule is C=CCOC(=O)c1sc(N2C(=O)c3oc4ccc(F)cc4c(=O)c3C2c2ccc(OCCCC)c(OCC)c2)nc1C. The number of hydrogen-bond acceptors (Lipinski definition) is 9. The maximum atomic E-state index is 14.2. The minimum absolute atomic E-state index is 0.00182. The first-order valence-electron chi connectivity index (χ1n) is 13.5. The summed E-state index contributed by atoms with van der Waals surface area (Å²) in [6, 6.07) is 7.71. The highest BCUT2D eigenvalue weighted by atomic mass is 32.1. The molecule has 2 aromatic heterocycles. The van der Waals surface area contributed by atoms with Gasteiger partial charge in [-0.3, -0.25) is 14.5 Å². The van der Waals surface area contributed by atoms with Crippen LogP contribution in [0.3, 0.4) is 0 Å². The van der Waals surface area contributed by atoms with E-state index < -0.39 is 29.2 Å². The van der Waals surface area contributed by atoms with Crippen LogP contribution >= 0.6 is 11.3 Å². The van der Waals surface area contributed by atoms with E-state index in [1.54, 1.807) is 25.1 Å². The molecule has 9 nitrogen and oxygen atoms in total. The van der Waals surface area contributed by atoms with Crippen molar-refractivity contribution in [2.24, 2.45) is 0 Å². The summed E-state index contributed by atoms with van der Waals surface area (Å²) in [7, 11) is 0. The first-order valence-corrected chi connectivity index (χ1v) is 14.3. The fourth-order valence-electron chi connectivity index (χ4n) is 4.74. The minimum Gasteiger partial charge on any atom is -0.490 e. The number of thiazole rings is 1. The Balaban J connectivity index is 1.69. The van der Waals surface area contributed by atoms with Gasteiger partial charge >= 0.3 is 5.97 Å². The third-order valence-electron chi connectivity index (χ3n) is 6.68. The van der Waals surface area contributed by atoms with Gasteiger partial charge in [0, 0.05) is 0 Å². The molecule has 0 radical (unpaired) electrons. The van der Waals surface area contributed by atoms with E-state index in [0.717, 1.165) is 36.3 Å². The van der Waals surface area contributed by atoms with Crippen molar-refractivity contribution in [3.63, 3.8) is 0 Å². The Labute approximate surface area is 245 Å². The van der Waals surface area contributed by atoms with Crippen LogP contribution in [0.25, 0.3) is 11.0 Å². The molecule has 0 spiro atoms. The molecule has 11 heteroatoms. The lowest BCUT2D eigenvalue weighted by atomic mass is 9.98. The third-order valence-corrected chi connectivity index (χ3v) is 7.82. The molecule has 0 N–H and O–H groups in total. The molecule has 1 unspecified atom stereocenters. The summed E-state index contributed by atoms with van der Waals surface area (Å²) in [5.74, 6) is -1.08. The van der Waals surface area contributed by atoms with Crippen LogP contribution in [0, 0.1) is 12.7 Å².